The smallest absolute Gasteiger partial charge is 0.391 e. The molecule has 1 aromatic heterocycles. The number of aromatic nitrogens is 1. The van der Waals surface area contributed by atoms with Gasteiger partial charge in [0.15, 0.2) is 0 Å². The Balaban J connectivity index is 0.645. The number of hydrogen-bond donors (Lipinski definition) is 5. The van der Waals surface area contributed by atoms with Gasteiger partial charge in [-0.3, -0.25) is 28.9 Å². The van der Waals surface area contributed by atoms with E-state index >= 15 is 4.39 Å². The van der Waals surface area contributed by atoms with Gasteiger partial charge in [-0.1, -0.05) is 107 Å². The normalized spacial score (nSPS) is 20.3. The van der Waals surface area contributed by atoms with Gasteiger partial charge in [-0.2, -0.15) is 13.2 Å². The summed E-state index contributed by atoms with van der Waals surface area (Å²) in [5.41, 5.74) is 1.13. The molecule has 0 saturated carbocycles. The number of amides is 5. The number of aliphatic hydroxyl groups excluding tert-OH is 1. The van der Waals surface area contributed by atoms with Crippen molar-refractivity contribution in [2.24, 2.45) is 22.7 Å². The maximum absolute atomic E-state index is 15.2. The second-order valence-corrected chi connectivity index (χ2v) is 37.2. The Bertz CT molecular complexity index is 4490. The first-order valence-corrected chi connectivity index (χ1v) is 42.1. The number of likely N-dealkylation sites (tertiary alicyclic amines) is 3. The number of nitrogens with zero attached hydrogens (tertiary/aromatic N) is 6. The van der Waals surface area contributed by atoms with Gasteiger partial charge >= 0.3 is 5.51 Å². The van der Waals surface area contributed by atoms with E-state index in [4.69, 9.17) is 11.6 Å². The van der Waals surface area contributed by atoms with Crippen molar-refractivity contribution in [3.8, 4) is 10.4 Å². The van der Waals surface area contributed by atoms with Crippen molar-refractivity contribution in [3.63, 3.8) is 0 Å². The highest BCUT2D eigenvalue weighted by atomic mass is 35.5. The average Bonchev–Trinajstić information content (AvgIpc) is 1.07. The van der Waals surface area contributed by atoms with Gasteiger partial charge in [-0.25, -0.2) is 30.9 Å². The van der Waals surface area contributed by atoms with Crippen LogP contribution in [0, 0.1) is 35.4 Å². The van der Waals surface area contributed by atoms with Gasteiger partial charge in [0.2, 0.25) is 23.6 Å². The number of carbonyl (C=O) groups is 5. The van der Waals surface area contributed by atoms with E-state index in [1.807, 2.05) is 98.8 Å². The largest absolute Gasteiger partial charge is 0.501 e. The minimum Gasteiger partial charge on any atom is -0.391 e. The predicted octanol–water partition coefficient (Wildman–Crippen LogP) is 12.8. The van der Waals surface area contributed by atoms with Crippen molar-refractivity contribution < 1.29 is 63.5 Å². The van der Waals surface area contributed by atoms with E-state index in [1.165, 1.54) is 40.4 Å². The zero-order valence-electron chi connectivity index (χ0n) is 62.0. The Labute approximate surface area is 644 Å². The number of piperazine rings is 1. The summed E-state index contributed by atoms with van der Waals surface area (Å²) in [6.45, 7) is 19.8. The Kier molecular flexibility index (Phi) is 26.0. The molecule has 5 amide bonds. The van der Waals surface area contributed by atoms with Crippen LogP contribution in [0.5, 0.6) is 0 Å². The SMILES string of the molecule is Cc1ncsc1-c1ccc([C@H](C)NC(=O)[C@@H]2C[C@@H](O)CN2C(=O)[C@@H](NC(=O)CCCCCC(=O)N2CC3CN(CC[C@H](CSc4ccccc4)Nc4ccc(S(=O)(=O)NC(=O)c5ccc(N6CCN(CC7=C(c8ccc(Cl)cc8F)CCC(C)(C)C7)CC6)cc5)cc4S(=O)(=O)C(F)(F)F)CC3C2)C(C)(C)C)cc1. The maximum Gasteiger partial charge on any atom is 0.501 e. The minimum absolute atomic E-state index is 0.000520. The van der Waals surface area contributed by atoms with Crippen molar-refractivity contribution in [1.82, 2.24) is 39.9 Å². The number of nitrogens with one attached hydrogen (secondary N) is 4. The number of rotatable bonds is 28. The third-order valence-electron chi connectivity index (χ3n) is 21.4. The zero-order valence-corrected chi connectivity index (χ0v) is 66.0. The number of hydrogen-bond acceptors (Lipinski definition) is 17. The number of carbonyl (C=O) groups excluding carboxylic acids is 5. The zero-order chi connectivity index (χ0) is 77.6. The van der Waals surface area contributed by atoms with E-state index in [0.717, 1.165) is 69.2 Å². The predicted molar refractivity (Wildman–Crippen MR) is 414 cm³/mol. The summed E-state index contributed by atoms with van der Waals surface area (Å²) in [5, 5.41) is 20.1. The molecule has 29 heteroatoms. The first-order valence-electron chi connectivity index (χ1n) is 36.9. The molecule has 11 rings (SSSR count). The van der Waals surface area contributed by atoms with E-state index in [1.54, 1.807) is 41.1 Å². The molecule has 5 N–H and O–H groups in total. The van der Waals surface area contributed by atoms with Crippen LogP contribution in [-0.2, 0) is 39.0 Å². The Morgan fingerprint density at radius 2 is 1.49 bits per heavy atom. The second-order valence-electron chi connectivity index (χ2n) is 31.2. The Morgan fingerprint density at radius 1 is 0.806 bits per heavy atom. The minimum atomic E-state index is -6.19. The number of benzene rings is 5. The summed E-state index contributed by atoms with van der Waals surface area (Å²) >= 11 is 9.05. The molecule has 7 atom stereocenters. The molecular formula is C79H97ClF4N10O10S4. The molecule has 4 fully saturated rings. The number of alkyl halides is 3. The first kappa shape index (κ1) is 81.5. The van der Waals surface area contributed by atoms with Crippen LogP contribution in [0.3, 0.4) is 0 Å². The number of aliphatic hydroxyl groups is 1. The molecule has 5 aliphatic rings. The molecule has 4 saturated heterocycles. The van der Waals surface area contributed by atoms with E-state index in [2.05, 4.69) is 49.5 Å². The van der Waals surface area contributed by atoms with E-state index < -0.39 is 94.3 Å². The number of aryl methyl sites for hydroxylation is 1. The lowest BCUT2D eigenvalue weighted by Gasteiger charge is -2.39. The fourth-order valence-corrected chi connectivity index (χ4v) is 19.3. The number of anilines is 2. The highest BCUT2D eigenvalue weighted by Crippen LogP contribution is 2.45. The summed E-state index contributed by atoms with van der Waals surface area (Å²) < 4.78 is 116. The van der Waals surface area contributed by atoms with Crippen molar-refractivity contribution >= 4 is 101 Å². The number of β-amino-alcohol motifs (C(OH)–C–C–N with tert-alkyl or cyclic N) is 1. The number of sulfone groups is 1. The Morgan fingerprint density at radius 3 is 2.14 bits per heavy atom. The van der Waals surface area contributed by atoms with Gasteiger partial charge in [0, 0.05) is 130 Å². The summed E-state index contributed by atoms with van der Waals surface area (Å²) in [6.07, 6.45) is 3.94. The summed E-state index contributed by atoms with van der Waals surface area (Å²) in [6, 6.07) is 27.5. The molecule has 108 heavy (non-hydrogen) atoms. The van der Waals surface area contributed by atoms with Crippen LogP contribution in [0.15, 0.2) is 141 Å². The molecule has 5 aromatic carbocycles. The van der Waals surface area contributed by atoms with Gasteiger partial charge in [0.1, 0.15) is 22.8 Å². The van der Waals surface area contributed by atoms with Crippen molar-refractivity contribution in [3.05, 3.63) is 160 Å². The monoisotopic (exact) mass is 1580 g/mol. The topological polar surface area (TPSA) is 251 Å². The van der Waals surface area contributed by atoms with Crippen molar-refractivity contribution in [2.45, 2.75) is 163 Å². The third-order valence-corrected chi connectivity index (χ3v) is 26.7. The molecule has 582 valence electrons. The molecule has 0 radical (unpaired) electrons. The van der Waals surface area contributed by atoms with Gasteiger partial charge < -0.3 is 40.7 Å². The highest BCUT2D eigenvalue weighted by Gasteiger charge is 2.50. The van der Waals surface area contributed by atoms with Crippen LogP contribution in [0.2, 0.25) is 5.02 Å². The molecule has 20 nitrogen and oxygen atoms in total. The third kappa shape index (κ3) is 20.2. The lowest BCUT2D eigenvalue weighted by Crippen LogP contribution is -2.57. The summed E-state index contributed by atoms with van der Waals surface area (Å²) in [4.78, 5) is 82.9. The van der Waals surface area contributed by atoms with Crippen molar-refractivity contribution in [2.75, 3.05) is 88.0 Å². The van der Waals surface area contributed by atoms with Crippen molar-refractivity contribution in [1.29, 1.82) is 0 Å². The highest BCUT2D eigenvalue weighted by molar-refractivity contribution is 7.99. The van der Waals surface area contributed by atoms with E-state index in [0.29, 0.717) is 108 Å². The van der Waals surface area contributed by atoms with Crippen LogP contribution in [0.25, 0.3) is 16.0 Å². The number of thioether (sulfide) groups is 1. The lowest BCUT2D eigenvalue weighted by atomic mass is 9.72. The molecular weight excluding hydrogens is 1490 g/mol. The number of sulfonamides is 1. The second kappa shape index (κ2) is 34.4. The molecule has 4 aliphatic heterocycles. The fraction of sp³-hybridized carbons (Fsp3) is 0.494. The maximum atomic E-state index is 15.2. The van der Waals surface area contributed by atoms with Gasteiger partial charge in [-0.05, 0) is 158 Å². The molecule has 0 bridgehead atoms. The molecule has 2 unspecified atom stereocenters. The quantitative estimate of drug-likeness (QED) is 0.0174. The number of fused-ring (bicyclic) bond motifs is 1. The summed E-state index contributed by atoms with van der Waals surface area (Å²) in [7, 11) is -11.2. The van der Waals surface area contributed by atoms with Crippen LogP contribution in [-0.4, -0.2) is 184 Å². The molecule has 5 heterocycles. The number of halogens is 5. The van der Waals surface area contributed by atoms with Crippen LogP contribution in [0.1, 0.15) is 139 Å². The molecule has 0 spiro atoms. The average molecular weight is 1590 g/mol. The van der Waals surface area contributed by atoms with E-state index in [-0.39, 0.29) is 72.0 Å². The summed E-state index contributed by atoms with van der Waals surface area (Å²) in [5.74, 6) is -2.05. The Hall–Kier alpha value is -7.44. The van der Waals surface area contributed by atoms with Crippen LogP contribution in [0.4, 0.5) is 28.9 Å². The van der Waals surface area contributed by atoms with Gasteiger partial charge in [-0.15, -0.1) is 23.1 Å². The van der Waals surface area contributed by atoms with Crippen LogP contribution < -0.4 is 25.6 Å². The standard InChI is InChI=1S/C79H97ClF4N10O10S4/c1-50(52-18-20-53(21-19-52)72-51(2)85-49-106-72)86-75(99)68-39-61(95)47-94(68)76(100)73(77(3,4)5)88-70(96)16-12-9-13-17-71(97)93-45-56-43-91(44-57(56)46-93)33-31-59(48-105-62-14-10-8-11-15-62)87-67-29-27-63(40-69(67)107(101,102)79(82,83)84)108(103,104)89-74(98)54-22-25-60(26-23-54)92-36-34-90(35-37-92)42-55-41-78(6,7)32-30-64(55)65-28-24-58(80)38-66(65)81/h8,10-11,14-15,18-29,38,40,49-50,56-57,59,61,68,73,87,95H,9,12-13,16-17,30-37,39,41-48H2,1-7H3,(H,86,99)(H,88,96)(H,89,98)/t50-,56?,57?,59+,61+,68-,73+/m0/s1. The van der Waals surface area contributed by atoms with Crippen LogP contribution >= 0.6 is 34.7 Å². The fourth-order valence-electron chi connectivity index (χ4n) is 15.3. The number of thiazole rings is 1. The molecule has 1 aliphatic carbocycles. The number of allylic oxidation sites excluding steroid dienone is 1. The van der Waals surface area contributed by atoms with E-state index in [9.17, 15) is 59.1 Å². The lowest BCUT2D eigenvalue weighted by molar-refractivity contribution is -0.144. The first-order chi connectivity index (χ1) is 51.1. The number of unbranched alkanes of at least 4 members (excludes halogenated alkanes) is 2. The van der Waals surface area contributed by atoms with Gasteiger partial charge in [0.25, 0.3) is 25.8 Å². The molecule has 6 aromatic rings. The van der Waals surface area contributed by atoms with Gasteiger partial charge in [0.05, 0.1) is 38.8 Å².